The van der Waals surface area contributed by atoms with Crippen molar-refractivity contribution in [3.8, 4) is 12.3 Å². The van der Waals surface area contributed by atoms with E-state index in [9.17, 15) is 0 Å². The zero-order valence-corrected chi connectivity index (χ0v) is 9.89. The molecule has 0 aromatic carbocycles. The molecular weight excluding hydrogens is 184 g/mol. The predicted octanol–water partition coefficient (Wildman–Crippen LogP) is 2.59. The minimum atomic E-state index is 0.390. The Labute approximate surface area is 94.0 Å². The van der Waals surface area contributed by atoms with E-state index in [1.807, 2.05) is 0 Å². The summed E-state index contributed by atoms with van der Waals surface area (Å²) >= 11 is 0. The Morgan fingerprint density at radius 2 is 2.07 bits per heavy atom. The van der Waals surface area contributed by atoms with E-state index in [-0.39, 0.29) is 0 Å². The van der Waals surface area contributed by atoms with Gasteiger partial charge in [0.05, 0.1) is 0 Å². The largest absolute Gasteiger partial charge is 0.271 e. The summed E-state index contributed by atoms with van der Waals surface area (Å²) in [4.78, 5) is 0. The molecular formula is C13H24N2. The highest BCUT2D eigenvalue weighted by atomic mass is 15.2. The Bertz CT molecular complexity index is 211. The molecule has 0 amide bonds. The molecule has 0 bridgehead atoms. The second kappa shape index (κ2) is 6.15. The fourth-order valence-corrected chi connectivity index (χ4v) is 2.75. The number of nitrogens with two attached hydrogens (primary N) is 1. The smallest absolute Gasteiger partial charge is 0.0264 e. The van der Waals surface area contributed by atoms with Crippen LogP contribution in [0.3, 0.4) is 0 Å². The van der Waals surface area contributed by atoms with Crippen molar-refractivity contribution in [3.05, 3.63) is 0 Å². The fraction of sp³-hybridized carbons (Fsp3) is 0.846. The number of unbranched alkanes of at least 4 members (excludes halogenated alkanes) is 1. The van der Waals surface area contributed by atoms with Crippen LogP contribution in [0, 0.1) is 17.8 Å². The number of rotatable bonds is 5. The molecule has 0 aromatic heterocycles. The van der Waals surface area contributed by atoms with Crippen molar-refractivity contribution in [2.45, 2.75) is 64.3 Å². The summed E-state index contributed by atoms with van der Waals surface area (Å²) in [7, 11) is 0. The molecule has 0 aliphatic heterocycles. The molecule has 2 heteroatoms. The first-order valence-corrected chi connectivity index (χ1v) is 6.12. The molecule has 1 aliphatic carbocycles. The van der Waals surface area contributed by atoms with Gasteiger partial charge in [-0.2, -0.15) is 0 Å². The highest BCUT2D eigenvalue weighted by molar-refractivity contribution is 4.90. The van der Waals surface area contributed by atoms with E-state index in [4.69, 9.17) is 12.3 Å². The molecule has 0 spiro atoms. The first kappa shape index (κ1) is 12.5. The van der Waals surface area contributed by atoms with E-state index < -0.39 is 0 Å². The van der Waals surface area contributed by atoms with Crippen LogP contribution in [0.25, 0.3) is 0 Å². The van der Waals surface area contributed by atoms with Crippen LogP contribution in [-0.2, 0) is 0 Å². The van der Waals surface area contributed by atoms with Crippen LogP contribution in [0.1, 0.15) is 58.3 Å². The number of hydrogen-bond acceptors (Lipinski definition) is 2. The molecule has 1 saturated carbocycles. The molecule has 0 saturated heterocycles. The Kier molecular flexibility index (Phi) is 5.14. The van der Waals surface area contributed by atoms with Crippen molar-refractivity contribution >= 4 is 0 Å². The van der Waals surface area contributed by atoms with E-state index in [0.29, 0.717) is 11.5 Å². The first-order chi connectivity index (χ1) is 7.23. The fourth-order valence-electron chi connectivity index (χ4n) is 2.75. The van der Waals surface area contributed by atoms with Crippen LogP contribution < -0.4 is 11.3 Å². The Hall–Kier alpha value is -0.520. The zero-order chi connectivity index (χ0) is 11.1. The summed E-state index contributed by atoms with van der Waals surface area (Å²) in [5, 5.41) is 0. The van der Waals surface area contributed by atoms with Crippen LogP contribution in [-0.4, -0.2) is 6.04 Å². The minimum Gasteiger partial charge on any atom is -0.271 e. The van der Waals surface area contributed by atoms with E-state index in [2.05, 4.69) is 18.3 Å². The molecule has 15 heavy (non-hydrogen) atoms. The molecule has 1 atom stereocenters. The Morgan fingerprint density at radius 3 is 2.60 bits per heavy atom. The van der Waals surface area contributed by atoms with Gasteiger partial charge in [0.15, 0.2) is 0 Å². The average Bonchev–Trinajstić information content (AvgIpc) is 2.25. The van der Waals surface area contributed by atoms with Crippen LogP contribution in [0.2, 0.25) is 0 Å². The van der Waals surface area contributed by atoms with Crippen molar-refractivity contribution in [2.24, 2.45) is 11.3 Å². The van der Waals surface area contributed by atoms with E-state index in [0.717, 1.165) is 19.3 Å². The minimum absolute atomic E-state index is 0.390. The third kappa shape index (κ3) is 3.52. The van der Waals surface area contributed by atoms with Gasteiger partial charge in [-0.1, -0.05) is 26.2 Å². The molecule has 2 nitrogen and oxygen atoms in total. The molecule has 0 heterocycles. The van der Waals surface area contributed by atoms with Crippen molar-refractivity contribution in [3.63, 3.8) is 0 Å². The maximum Gasteiger partial charge on any atom is 0.0264 e. The Balaban J connectivity index is 2.44. The van der Waals surface area contributed by atoms with Gasteiger partial charge in [-0.3, -0.25) is 11.3 Å². The monoisotopic (exact) mass is 208 g/mol. The van der Waals surface area contributed by atoms with E-state index in [1.165, 1.54) is 32.1 Å². The van der Waals surface area contributed by atoms with Crippen LogP contribution >= 0.6 is 0 Å². The van der Waals surface area contributed by atoms with Gasteiger partial charge in [-0.25, -0.2) is 0 Å². The van der Waals surface area contributed by atoms with Crippen molar-refractivity contribution in [1.29, 1.82) is 0 Å². The summed E-state index contributed by atoms with van der Waals surface area (Å²) in [6, 6.07) is 0.436. The highest BCUT2D eigenvalue weighted by Gasteiger charge is 2.34. The summed E-state index contributed by atoms with van der Waals surface area (Å²) < 4.78 is 0. The quantitative estimate of drug-likeness (QED) is 0.315. The lowest BCUT2D eigenvalue weighted by atomic mass is 9.69. The molecule has 0 radical (unpaired) electrons. The van der Waals surface area contributed by atoms with Gasteiger partial charge in [-0.05, 0) is 31.1 Å². The lowest BCUT2D eigenvalue weighted by Gasteiger charge is -2.40. The summed E-state index contributed by atoms with van der Waals surface area (Å²) in [5.41, 5.74) is 3.39. The van der Waals surface area contributed by atoms with Crippen molar-refractivity contribution in [1.82, 2.24) is 5.43 Å². The zero-order valence-electron chi connectivity index (χ0n) is 9.89. The van der Waals surface area contributed by atoms with Crippen molar-refractivity contribution in [2.75, 3.05) is 0 Å². The predicted molar refractivity (Wildman–Crippen MR) is 65.0 cm³/mol. The van der Waals surface area contributed by atoms with Crippen molar-refractivity contribution < 1.29 is 0 Å². The van der Waals surface area contributed by atoms with Gasteiger partial charge in [-0.15, -0.1) is 12.3 Å². The van der Waals surface area contributed by atoms with E-state index in [1.54, 1.807) is 0 Å². The standard InChI is InChI=1S/C13H24N2/c1-3-4-6-9-12(15-14)13(2)10-7-5-8-11-13/h1,12,15H,4-11,14H2,2H3. The van der Waals surface area contributed by atoms with Gasteiger partial charge in [0, 0.05) is 12.5 Å². The highest BCUT2D eigenvalue weighted by Crippen LogP contribution is 2.39. The van der Waals surface area contributed by atoms with Crippen LogP contribution in [0.15, 0.2) is 0 Å². The van der Waals surface area contributed by atoms with Gasteiger partial charge in [0.1, 0.15) is 0 Å². The lowest BCUT2D eigenvalue weighted by molar-refractivity contribution is 0.136. The lowest BCUT2D eigenvalue weighted by Crippen LogP contribution is -2.47. The number of nitrogens with one attached hydrogen (secondary N) is 1. The summed E-state index contributed by atoms with van der Waals surface area (Å²) in [5.74, 6) is 8.36. The van der Waals surface area contributed by atoms with E-state index >= 15 is 0 Å². The molecule has 3 N–H and O–H groups in total. The van der Waals surface area contributed by atoms with Crippen LogP contribution in [0.4, 0.5) is 0 Å². The molecule has 0 aromatic rings. The molecule has 1 aliphatic rings. The van der Waals surface area contributed by atoms with Crippen LogP contribution in [0.5, 0.6) is 0 Å². The molecule has 86 valence electrons. The Morgan fingerprint density at radius 1 is 1.40 bits per heavy atom. The maximum atomic E-state index is 5.67. The summed E-state index contributed by atoms with van der Waals surface area (Å²) in [6.07, 6.45) is 15.0. The maximum absolute atomic E-state index is 5.67. The normalized spacial score (nSPS) is 21.9. The average molecular weight is 208 g/mol. The third-order valence-electron chi connectivity index (χ3n) is 3.85. The number of terminal acetylenes is 1. The topological polar surface area (TPSA) is 38.0 Å². The van der Waals surface area contributed by atoms with Gasteiger partial charge in [0.2, 0.25) is 0 Å². The van der Waals surface area contributed by atoms with Gasteiger partial charge < -0.3 is 0 Å². The number of hydrazine groups is 1. The molecule has 1 fully saturated rings. The number of hydrogen-bond donors (Lipinski definition) is 2. The van der Waals surface area contributed by atoms with Gasteiger partial charge >= 0.3 is 0 Å². The third-order valence-corrected chi connectivity index (χ3v) is 3.85. The SMILES string of the molecule is C#CCCCC(NN)C1(C)CCCCC1. The first-order valence-electron chi connectivity index (χ1n) is 6.12. The molecule has 1 unspecified atom stereocenters. The molecule has 1 rings (SSSR count). The second-order valence-electron chi connectivity index (χ2n) is 5.03. The second-order valence-corrected chi connectivity index (χ2v) is 5.03. The summed E-state index contributed by atoms with van der Waals surface area (Å²) in [6.45, 7) is 2.37. The van der Waals surface area contributed by atoms with Gasteiger partial charge in [0.25, 0.3) is 0 Å².